The first-order valence-electron chi connectivity index (χ1n) is 11.1. The summed E-state index contributed by atoms with van der Waals surface area (Å²) in [6, 6.07) is 4.45. The number of rotatable bonds is 7. The Morgan fingerprint density at radius 2 is 2.00 bits per heavy atom. The molecule has 8 heteroatoms. The smallest absolute Gasteiger partial charge is 0.307 e. The van der Waals surface area contributed by atoms with Crippen LogP contribution in [-0.4, -0.2) is 69.7 Å². The van der Waals surface area contributed by atoms with E-state index in [4.69, 9.17) is 18.9 Å². The zero-order valence-corrected chi connectivity index (χ0v) is 18.7. The predicted molar refractivity (Wildman–Crippen MR) is 114 cm³/mol. The van der Waals surface area contributed by atoms with Crippen LogP contribution in [-0.2, 0) is 35.6 Å². The van der Waals surface area contributed by atoms with Crippen LogP contribution < -0.4 is 9.47 Å². The van der Waals surface area contributed by atoms with E-state index in [9.17, 15) is 9.59 Å². The lowest BCUT2D eigenvalue weighted by Gasteiger charge is -2.56. The molecule has 0 radical (unpaired) electrons. The van der Waals surface area contributed by atoms with E-state index in [0.29, 0.717) is 11.8 Å². The standard InChI is InChI=1S/C24H29NO7/c1-25-11-10-24-15-5-7-18(31-20(27)9-8-19(26)29-3)23(24)32-22-17(30-13-28-2)6-4-14(21(22)24)12-16(15)25/h4-7,15-16,18,23H,8-13H2,1-3H3/t15-,16+,18-,23-,24-/m0/s1. The van der Waals surface area contributed by atoms with Crippen molar-refractivity contribution < 1.29 is 33.3 Å². The number of ether oxygens (including phenoxy) is 5. The fourth-order valence-electron chi connectivity index (χ4n) is 6.06. The molecule has 1 aromatic carbocycles. The number of likely N-dealkylation sites (tertiary alicyclic amines) is 1. The average molecular weight is 443 g/mol. The van der Waals surface area contributed by atoms with Crippen molar-refractivity contribution in [3.63, 3.8) is 0 Å². The summed E-state index contributed by atoms with van der Waals surface area (Å²) in [5.41, 5.74) is 2.20. The van der Waals surface area contributed by atoms with Gasteiger partial charge < -0.3 is 28.6 Å². The molecule has 5 atom stereocenters. The van der Waals surface area contributed by atoms with Crippen molar-refractivity contribution in [1.29, 1.82) is 0 Å². The van der Waals surface area contributed by atoms with Crippen LogP contribution >= 0.6 is 0 Å². The molecular weight excluding hydrogens is 414 g/mol. The molecule has 2 aliphatic carbocycles. The Morgan fingerprint density at radius 1 is 1.19 bits per heavy atom. The molecule has 32 heavy (non-hydrogen) atoms. The molecule has 5 rings (SSSR count). The molecule has 1 saturated heterocycles. The van der Waals surface area contributed by atoms with Crippen LogP contribution in [0.15, 0.2) is 24.3 Å². The minimum absolute atomic E-state index is 0.00267. The maximum absolute atomic E-state index is 12.5. The molecule has 2 heterocycles. The first kappa shape index (κ1) is 21.3. The summed E-state index contributed by atoms with van der Waals surface area (Å²) in [7, 11) is 5.07. The van der Waals surface area contributed by atoms with Gasteiger partial charge in [0.15, 0.2) is 24.4 Å². The van der Waals surface area contributed by atoms with Gasteiger partial charge in [-0.15, -0.1) is 0 Å². The van der Waals surface area contributed by atoms with Gasteiger partial charge in [-0.25, -0.2) is 0 Å². The van der Waals surface area contributed by atoms with E-state index in [-0.39, 0.29) is 37.1 Å². The lowest BCUT2D eigenvalue weighted by molar-refractivity contribution is -0.157. The number of hydrogen-bond acceptors (Lipinski definition) is 8. The van der Waals surface area contributed by atoms with Crippen LogP contribution in [0.2, 0.25) is 0 Å². The highest BCUT2D eigenvalue weighted by Gasteiger charge is 2.65. The topological polar surface area (TPSA) is 83.5 Å². The van der Waals surface area contributed by atoms with Crippen molar-refractivity contribution in [2.24, 2.45) is 5.92 Å². The zero-order chi connectivity index (χ0) is 22.5. The van der Waals surface area contributed by atoms with Gasteiger partial charge in [0.25, 0.3) is 0 Å². The first-order valence-corrected chi connectivity index (χ1v) is 11.1. The molecule has 0 amide bonds. The lowest BCUT2D eigenvalue weighted by Crippen LogP contribution is -2.65. The lowest BCUT2D eigenvalue weighted by atomic mass is 9.53. The third-order valence-corrected chi connectivity index (χ3v) is 7.48. The molecule has 1 spiro atoms. The van der Waals surface area contributed by atoms with Crippen LogP contribution in [0.3, 0.4) is 0 Å². The van der Waals surface area contributed by atoms with Gasteiger partial charge in [0.1, 0.15) is 6.10 Å². The van der Waals surface area contributed by atoms with Gasteiger partial charge in [0.2, 0.25) is 0 Å². The molecular formula is C24H29NO7. The molecule has 8 nitrogen and oxygen atoms in total. The highest BCUT2D eigenvalue weighted by Crippen LogP contribution is 2.62. The summed E-state index contributed by atoms with van der Waals surface area (Å²) in [5.74, 6) is 0.802. The van der Waals surface area contributed by atoms with Crippen LogP contribution in [0, 0.1) is 5.92 Å². The normalized spacial score (nSPS) is 31.5. The van der Waals surface area contributed by atoms with Crippen molar-refractivity contribution in [2.75, 3.05) is 34.6 Å². The number of piperidine rings is 1. The second-order valence-corrected chi connectivity index (χ2v) is 9.00. The molecule has 0 N–H and O–H groups in total. The average Bonchev–Trinajstić information content (AvgIpc) is 3.15. The van der Waals surface area contributed by atoms with E-state index in [0.717, 1.165) is 25.1 Å². The van der Waals surface area contributed by atoms with Crippen molar-refractivity contribution in [3.8, 4) is 11.5 Å². The Kier molecular flexibility index (Phi) is 5.37. The first-order chi connectivity index (χ1) is 15.5. The van der Waals surface area contributed by atoms with Gasteiger partial charge in [-0.3, -0.25) is 9.59 Å². The van der Waals surface area contributed by atoms with Gasteiger partial charge >= 0.3 is 11.9 Å². The third-order valence-electron chi connectivity index (χ3n) is 7.48. The molecule has 0 aromatic heterocycles. The Balaban J connectivity index is 1.50. The van der Waals surface area contributed by atoms with Gasteiger partial charge in [-0.1, -0.05) is 12.1 Å². The van der Waals surface area contributed by atoms with Crippen LogP contribution in [0.5, 0.6) is 11.5 Å². The van der Waals surface area contributed by atoms with Crippen LogP contribution in [0.1, 0.15) is 30.4 Å². The molecule has 4 aliphatic rings. The minimum Gasteiger partial charge on any atom is -0.481 e. The summed E-state index contributed by atoms with van der Waals surface area (Å²) in [6.45, 7) is 1.08. The maximum Gasteiger partial charge on any atom is 0.307 e. The maximum atomic E-state index is 12.5. The SMILES string of the molecule is COCOc1ccc2c3c1O[C@H]1[C@@H](OC(=O)CCC(=O)OC)C=C[C@H]4[C@@H](C2)N(C)CC[C@@]341. The van der Waals surface area contributed by atoms with Crippen LogP contribution in [0.4, 0.5) is 0 Å². The summed E-state index contributed by atoms with van der Waals surface area (Å²) in [4.78, 5) is 26.4. The highest BCUT2D eigenvalue weighted by atomic mass is 16.7. The van der Waals surface area contributed by atoms with Gasteiger partial charge in [0.05, 0.1) is 20.0 Å². The number of carbonyl (C=O) groups is 2. The fraction of sp³-hybridized carbons (Fsp3) is 0.583. The largest absolute Gasteiger partial charge is 0.481 e. The molecule has 2 bridgehead atoms. The molecule has 0 unspecified atom stereocenters. The van der Waals surface area contributed by atoms with Crippen molar-refractivity contribution >= 4 is 11.9 Å². The second-order valence-electron chi connectivity index (χ2n) is 9.00. The quantitative estimate of drug-likeness (QED) is 0.359. The summed E-state index contributed by atoms with van der Waals surface area (Å²) < 4.78 is 28.0. The van der Waals surface area contributed by atoms with E-state index >= 15 is 0 Å². The van der Waals surface area contributed by atoms with Crippen molar-refractivity contribution in [1.82, 2.24) is 4.90 Å². The van der Waals surface area contributed by atoms with E-state index in [2.05, 4.69) is 28.8 Å². The van der Waals surface area contributed by atoms with Crippen molar-refractivity contribution in [2.45, 2.75) is 49.3 Å². The van der Waals surface area contributed by atoms with E-state index in [1.165, 1.54) is 18.2 Å². The zero-order valence-electron chi connectivity index (χ0n) is 18.7. The predicted octanol–water partition coefficient (Wildman–Crippen LogP) is 1.98. The van der Waals surface area contributed by atoms with Gasteiger partial charge in [0, 0.05) is 30.0 Å². The van der Waals surface area contributed by atoms with Gasteiger partial charge in [-0.05, 0) is 44.1 Å². The molecule has 1 aromatic rings. The van der Waals surface area contributed by atoms with E-state index in [1.54, 1.807) is 7.11 Å². The third kappa shape index (κ3) is 3.11. The number of nitrogens with zero attached hydrogens (tertiary/aromatic N) is 1. The number of likely N-dealkylation sites (N-methyl/N-ethyl adjacent to an activating group) is 1. The summed E-state index contributed by atoms with van der Waals surface area (Å²) in [6.07, 6.45) is 5.12. The molecule has 0 saturated carbocycles. The number of esters is 2. The summed E-state index contributed by atoms with van der Waals surface area (Å²) in [5, 5.41) is 0. The fourth-order valence-corrected chi connectivity index (χ4v) is 6.06. The van der Waals surface area contributed by atoms with E-state index < -0.39 is 18.0 Å². The number of carbonyl (C=O) groups excluding carboxylic acids is 2. The van der Waals surface area contributed by atoms with Crippen LogP contribution in [0.25, 0.3) is 0 Å². The van der Waals surface area contributed by atoms with Gasteiger partial charge in [-0.2, -0.15) is 0 Å². The Morgan fingerprint density at radius 3 is 2.78 bits per heavy atom. The molecule has 172 valence electrons. The molecule has 2 aliphatic heterocycles. The highest BCUT2D eigenvalue weighted by molar-refractivity contribution is 5.78. The van der Waals surface area contributed by atoms with Crippen molar-refractivity contribution in [3.05, 3.63) is 35.4 Å². The van der Waals surface area contributed by atoms with E-state index in [1.807, 2.05) is 12.1 Å². The Hall–Kier alpha value is -2.58. The monoisotopic (exact) mass is 443 g/mol. The number of hydrogen-bond donors (Lipinski definition) is 0. The second kappa shape index (κ2) is 8.08. The summed E-state index contributed by atoms with van der Waals surface area (Å²) >= 11 is 0. The Labute approximate surface area is 187 Å². The number of methoxy groups -OCH3 is 2. The molecule has 1 fully saturated rings. The minimum atomic E-state index is -0.533. The Bertz CT molecular complexity index is 960. The number of benzene rings is 1.